The Morgan fingerprint density at radius 1 is 0.303 bits per heavy atom. The molecule has 12 nitrogen and oxygen atoms in total. The monoisotopic (exact) mass is 1640 g/mol. The smallest absolute Gasteiger partial charge is 0.311 e. The van der Waals surface area contributed by atoms with E-state index in [4.69, 9.17) is 53.2 Å². The molecule has 11 atom stereocenters. The molecule has 0 aliphatic heterocycles. The lowest BCUT2D eigenvalue weighted by molar-refractivity contribution is -0.161. The van der Waals surface area contributed by atoms with Crippen LogP contribution in [-0.2, 0) is 23.7 Å². The average molecular weight is 1640 g/mol. The molecule has 12 heteroatoms. The van der Waals surface area contributed by atoms with E-state index in [-0.39, 0.29) is 42.5 Å². The van der Waals surface area contributed by atoms with Crippen molar-refractivity contribution in [2.24, 2.45) is 5.41 Å². The minimum Gasteiger partial charge on any atom is -0.508 e. The van der Waals surface area contributed by atoms with Crippen LogP contribution in [0, 0.1) is 5.41 Å². The number of rotatable bonds is 33. The lowest BCUT2D eigenvalue weighted by Gasteiger charge is -2.27. The number of benzene rings is 8. The Balaban J connectivity index is 0.000000672. The maximum Gasteiger partial charge on any atom is 0.311 e. The molecule has 0 saturated heterocycles. The second-order valence-corrected chi connectivity index (χ2v) is 32.4. The number of hydrogen-bond donors (Lipinski definition) is 3. The zero-order valence-electron chi connectivity index (χ0n) is 79.1. The van der Waals surface area contributed by atoms with Gasteiger partial charge in [-0.15, -0.1) is 0 Å². The molecule has 1 saturated carbocycles. The molecule has 0 spiro atoms. The van der Waals surface area contributed by atoms with E-state index in [9.17, 15) is 4.79 Å². The van der Waals surface area contributed by atoms with Gasteiger partial charge >= 0.3 is 5.97 Å². The van der Waals surface area contributed by atoms with Gasteiger partial charge in [-0.05, 0) is 329 Å². The third-order valence-electron chi connectivity index (χ3n) is 22.2. The molecular formula is C107H164O12. The molecule has 664 valence electrons. The van der Waals surface area contributed by atoms with Crippen molar-refractivity contribution in [1.29, 1.82) is 0 Å². The highest BCUT2D eigenvalue weighted by Gasteiger charge is 2.30. The molecular weight excluding hydrogens is 1480 g/mol. The van der Waals surface area contributed by atoms with E-state index in [1.54, 1.807) is 36.4 Å². The summed E-state index contributed by atoms with van der Waals surface area (Å²) in [6.45, 7) is 59.0. The summed E-state index contributed by atoms with van der Waals surface area (Å²) in [5.41, 5.74) is 10.5. The predicted octanol–water partition coefficient (Wildman–Crippen LogP) is 31.1. The summed E-state index contributed by atoms with van der Waals surface area (Å²) in [6, 6.07) is 66.2. The van der Waals surface area contributed by atoms with E-state index < -0.39 is 0 Å². The first kappa shape index (κ1) is 109. The van der Waals surface area contributed by atoms with Crippen LogP contribution in [0.2, 0.25) is 0 Å². The number of esters is 1. The minimum atomic E-state index is -0.308. The molecule has 1 fully saturated rings. The van der Waals surface area contributed by atoms with Gasteiger partial charge < -0.3 is 53.2 Å². The summed E-state index contributed by atoms with van der Waals surface area (Å²) in [5.74, 6) is 9.54. The molecule has 0 aromatic heterocycles. The van der Waals surface area contributed by atoms with Crippen molar-refractivity contribution >= 4 is 5.97 Å². The van der Waals surface area contributed by atoms with Crippen molar-refractivity contribution in [1.82, 2.24) is 0 Å². The summed E-state index contributed by atoms with van der Waals surface area (Å²) in [6.07, 6.45) is 15.9. The summed E-state index contributed by atoms with van der Waals surface area (Å²) < 4.78 is 43.9. The van der Waals surface area contributed by atoms with E-state index in [2.05, 4.69) is 202 Å². The van der Waals surface area contributed by atoms with Crippen molar-refractivity contribution in [2.75, 3.05) is 19.8 Å². The van der Waals surface area contributed by atoms with Crippen molar-refractivity contribution in [3.8, 4) is 40.2 Å². The van der Waals surface area contributed by atoms with Crippen LogP contribution in [0.1, 0.15) is 369 Å². The van der Waals surface area contributed by atoms with Crippen molar-refractivity contribution in [3.63, 3.8) is 0 Å². The van der Waals surface area contributed by atoms with Crippen molar-refractivity contribution < 1.29 is 58.0 Å². The fraction of sp³-hybridized carbons (Fsp3) is 0.542. The van der Waals surface area contributed by atoms with Gasteiger partial charge in [0, 0.05) is 19.8 Å². The zero-order chi connectivity index (χ0) is 89.3. The molecule has 0 amide bonds. The number of hydrogen-bond acceptors (Lipinski definition) is 12. The first-order chi connectivity index (χ1) is 56.7. The van der Waals surface area contributed by atoms with Gasteiger partial charge in [-0.25, -0.2) is 0 Å². The molecule has 0 radical (unpaired) electrons. The number of carbonyl (C=O) groups excluding carboxylic acids is 1. The molecule has 1 aliphatic rings. The Morgan fingerprint density at radius 3 is 0.714 bits per heavy atom. The minimum absolute atomic E-state index is 0.0214. The van der Waals surface area contributed by atoms with Crippen molar-refractivity contribution in [2.45, 2.75) is 355 Å². The Kier molecular flexibility index (Phi) is 58.2. The van der Waals surface area contributed by atoms with Gasteiger partial charge in [-0.3, -0.25) is 4.79 Å². The first-order valence-electron chi connectivity index (χ1n) is 45.3. The van der Waals surface area contributed by atoms with Crippen LogP contribution in [0.4, 0.5) is 0 Å². The molecule has 3 N–H and O–H groups in total. The highest BCUT2D eigenvalue weighted by atomic mass is 16.7. The highest BCUT2D eigenvalue weighted by molar-refractivity contribution is 5.76. The van der Waals surface area contributed by atoms with Crippen LogP contribution in [0.5, 0.6) is 40.2 Å². The number of aromatic hydroxyl groups is 3. The molecule has 11 unspecified atom stereocenters. The lowest BCUT2D eigenvalue weighted by atomic mass is 9.90. The highest BCUT2D eigenvalue weighted by Crippen LogP contribution is 2.31. The van der Waals surface area contributed by atoms with Crippen LogP contribution in [0.15, 0.2) is 200 Å². The average Bonchev–Trinajstić information content (AvgIpc) is 0.914. The number of carbonyl (C=O) groups is 1. The number of phenolic OH excluding ortho intramolecular Hbond substituents is 3. The normalized spacial score (nSPS) is 14.3. The third kappa shape index (κ3) is 47.5. The molecule has 119 heavy (non-hydrogen) atoms. The largest absolute Gasteiger partial charge is 0.508 e. The maximum absolute atomic E-state index is 11.7. The van der Waals surface area contributed by atoms with Gasteiger partial charge in [-0.1, -0.05) is 239 Å². The summed E-state index contributed by atoms with van der Waals surface area (Å²) in [7, 11) is 0. The molecule has 0 heterocycles. The van der Waals surface area contributed by atoms with Crippen LogP contribution in [0.3, 0.4) is 0 Å². The molecule has 8 aromatic carbocycles. The molecule has 9 rings (SSSR count). The summed E-state index contributed by atoms with van der Waals surface area (Å²) in [4.78, 5) is 11.7. The van der Waals surface area contributed by atoms with E-state index >= 15 is 0 Å². The quantitative estimate of drug-likeness (QED) is 0.0265. The van der Waals surface area contributed by atoms with Crippen LogP contribution in [-0.4, -0.2) is 72.2 Å². The summed E-state index contributed by atoms with van der Waals surface area (Å²) >= 11 is 0. The molecule has 1 aliphatic carbocycles. The van der Waals surface area contributed by atoms with Crippen LogP contribution >= 0.6 is 0 Å². The number of phenols is 3. The van der Waals surface area contributed by atoms with E-state index in [1.807, 2.05) is 149 Å². The second kappa shape index (κ2) is 63.7. The van der Waals surface area contributed by atoms with E-state index in [1.165, 1.54) is 76.6 Å². The second-order valence-electron chi connectivity index (χ2n) is 32.4. The summed E-state index contributed by atoms with van der Waals surface area (Å²) in [5, 5.41) is 27.0. The Morgan fingerprint density at radius 2 is 0.513 bits per heavy atom. The van der Waals surface area contributed by atoms with E-state index in [0.29, 0.717) is 84.4 Å². The van der Waals surface area contributed by atoms with Gasteiger partial charge in [0.2, 0.25) is 0 Å². The fourth-order valence-corrected chi connectivity index (χ4v) is 11.9. The van der Waals surface area contributed by atoms with Gasteiger partial charge in [0.15, 0.2) is 18.9 Å². The van der Waals surface area contributed by atoms with E-state index in [0.717, 1.165) is 80.8 Å². The standard InChI is InChI=1S/3C14H22O2.C13H20O.C12H22O2.3C10H14O.C10H14/c3*1-5-11(3)13-7-9-14(10-8-13)16-12(4)15-6-2;1-5-11(4)12-6-8-13(9-7-12)14-10(2)3;1-4-12(2,3)11(13)14-10-8-6-5-7-9-10;3*1-3-8(2)9-4-6-10(11)7-5-9;1-3-9(2)10-7-5-4-6-8-10/h3*7-12H,5-6H2,1-4H3;6-11H,5H2,1-4H3;10H,4-9H2,1-3H3;3*4-8,11H,3H2,1-2H3;4-9H,3H2,1-2H3. The van der Waals surface area contributed by atoms with Crippen LogP contribution in [0.25, 0.3) is 0 Å². The van der Waals surface area contributed by atoms with Crippen LogP contribution < -0.4 is 18.9 Å². The van der Waals surface area contributed by atoms with Gasteiger partial charge in [0.25, 0.3) is 0 Å². The topological polar surface area (TPSA) is 152 Å². The first-order valence-corrected chi connectivity index (χ1v) is 45.3. The lowest BCUT2D eigenvalue weighted by Crippen LogP contribution is -2.31. The predicted molar refractivity (Wildman–Crippen MR) is 504 cm³/mol. The SMILES string of the molecule is CCC(C)(C)C(=O)OC1CCCCC1.CCC(C)c1ccc(O)cc1.CCC(C)c1ccc(O)cc1.CCC(C)c1ccc(O)cc1.CCC(C)c1ccc(OC(C)C)cc1.CCC(C)c1ccccc1.CCOC(C)Oc1ccc(C(C)CC)cc1.CCOC(C)Oc1ccc(C(C)CC)cc1.CCOC(C)Oc1ccc(C(C)CC)cc1. The van der Waals surface area contributed by atoms with Gasteiger partial charge in [-0.2, -0.15) is 0 Å². The maximum atomic E-state index is 11.7. The zero-order valence-corrected chi connectivity index (χ0v) is 79.1. The fourth-order valence-electron chi connectivity index (χ4n) is 11.9. The number of ether oxygens (including phenoxy) is 8. The third-order valence-corrected chi connectivity index (χ3v) is 22.2. The van der Waals surface area contributed by atoms with Crippen molar-refractivity contribution in [3.05, 3.63) is 245 Å². The Labute approximate surface area is 725 Å². The van der Waals surface area contributed by atoms with Gasteiger partial charge in [0.1, 0.15) is 46.4 Å². The molecule has 8 aromatic rings. The Bertz CT molecular complexity index is 3430. The Hall–Kier alpha value is -8.29. The van der Waals surface area contributed by atoms with Gasteiger partial charge in [0.05, 0.1) is 11.5 Å². The molecule has 0 bridgehead atoms.